The van der Waals surface area contributed by atoms with Gasteiger partial charge in [0, 0.05) is 57.5 Å². The van der Waals surface area contributed by atoms with Gasteiger partial charge in [-0.3, -0.25) is 19.3 Å². The number of phenols is 1. The average Bonchev–Trinajstić information content (AvgIpc) is 3.00. The van der Waals surface area contributed by atoms with Gasteiger partial charge in [-0.1, -0.05) is 0 Å². The highest BCUT2D eigenvalue weighted by atomic mass is 19.4. The number of likely N-dealkylation sites (N-methyl/N-ethyl adjacent to an activating group) is 1. The van der Waals surface area contributed by atoms with Gasteiger partial charge in [-0.05, 0) is 44.5 Å². The van der Waals surface area contributed by atoms with E-state index >= 15 is 0 Å². The summed E-state index contributed by atoms with van der Waals surface area (Å²) in [6, 6.07) is 0.184. The Balaban J connectivity index is 1.82. The van der Waals surface area contributed by atoms with Crippen LogP contribution in [-0.4, -0.2) is 138 Å². The number of ketones is 2. The molecule has 0 saturated heterocycles. The van der Waals surface area contributed by atoms with E-state index in [9.17, 15) is 57.6 Å². The van der Waals surface area contributed by atoms with Gasteiger partial charge < -0.3 is 50.3 Å². The number of carbonyl (C=O) groups excluding carboxylic acids is 5. The molecule has 0 aliphatic heterocycles. The zero-order chi connectivity index (χ0) is 38.5. The Morgan fingerprint density at radius 1 is 1.02 bits per heavy atom. The van der Waals surface area contributed by atoms with E-state index in [0.29, 0.717) is 10.6 Å². The van der Waals surface area contributed by atoms with Gasteiger partial charge >= 0.3 is 18.4 Å². The molecule has 1 aromatic carbocycles. The fraction of sp³-hybridized carbons (Fsp3) is 0.531. The van der Waals surface area contributed by atoms with Crippen LogP contribution in [0, 0.1) is 11.8 Å². The second-order valence-corrected chi connectivity index (χ2v) is 13.2. The van der Waals surface area contributed by atoms with Crippen molar-refractivity contribution in [2.24, 2.45) is 17.6 Å². The fourth-order valence-electron chi connectivity index (χ4n) is 6.93. The summed E-state index contributed by atoms with van der Waals surface area (Å²) < 4.78 is 49.3. The van der Waals surface area contributed by atoms with E-state index in [4.69, 9.17) is 15.2 Å². The number of Topliss-reactive ketones (excluding diaryl/α,β-unsaturated/α-hetero) is 2. The number of fused-ring (bicyclic) bond motifs is 3. The first-order valence-electron chi connectivity index (χ1n) is 15.6. The molecular weight excluding hydrogens is 687 g/mol. The number of ether oxygens (including phenoxy) is 2. The third-order valence-corrected chi connectivity index (χ3v) is 9.27. The molecule has 3 amide bonds. The number of hydrogen-bond acceptors (Lipinski definition) is 13. The van der Waals surface area contributed by atoms with Crippen LogP contribution in [0.1, 0.15) is 34.3 Å². The lowest BCUT2D eigenvalue weighted by atomic mass is 9.58. The number of carbonyl (C=O) groups is 5. The van der Waals surface area contributed by atoms with Gasteiger partial charge in [-0.2, -0.15) is 13.2 Å². The minimum Gasteiger partial charge on any atom is -0.510 e. The summed E-state index contributed by atoms with van der Waals surface area (Å²) in [5.41, 5.74) is 1.06. The number of primary amides is 1. The molecule has 0 spiro atoms. The van der Waals surface area contributed by atoms with Crippen molar-refractivity contribution in [1.82, 2.24) is 14.7 Å². The zero-order valence-corrected chi connectivity index (χ0v) is 28.7. The lowest BCUT2D eigenvalue weighted by Gasteiger charge is -2.50. The lowest BCUT2D eigenvalue weighted by molar-refractivity contribution is -0.148. The molecule has 0 saturated carbocycles. The quantitative estimate of drug-likeness (QED) is 0.181. The van der Waals surface area contributed by atoms with E-state index in [1.165, 1.54) is 39.2 Å². The van der Waals surface area contributed by atoms with Crippen LogP contribution in [-0.2, 0) is 32.0 Å². The molecule has 0 fully saturated rings. The highest BCUT2D eigenvalue weighted by molar-refractivity contribution is 6.25. The van der Waals surface area contributed by atoms with E-state index in [0.717, 1.165) is 4.90 Å². The Morgan fingerprint density at radius 2 is 1.63 bits per heavy atom. The summed E-state index contributed by atoms with van der Waals surface area (Å²) in [6.07, 6.45) is -8.63. The molecule has 3 aliphatic carbocycles. The first-order valence-corrected chi connectivity index (χ1v) is 15.6. The van der Waals surface area contributed by atoms with Crippen molar-refractivity contribution in [3.05, 3.63) is 45.4 Å². The molecule has 3 aliphatic rings. The van der Waals surface area contributed by atoms with Crippen molar-refractivity contribution in [2.45, 2.75) is 43.6 Å². The number of aliphatic hydroxyl groups is 3. The van der Waals surface area contributed by atoms with Crippen LogP contribution < -0.4 is 10.6 Å². The van der Waals surface area contributed by atoms with Crippen LogP contribution in [0.2, 0.25) is 0 Å². The van der Waals surface area contributed by atoms with Crippen molar-refractivity contribution in [3.8, 4) is 5.75 Å². The molecule has 0 unspecified atom stereocenters. The minimum atomic E-state index is -4.71. The molecular formula is C32H40F3N5O11. The smallest absolute Gasteiger partial charge is 0.412 e. The Hall–Kier alpha value is -5.04. The third kappa shape index (κ3) is 6.99. The third-order valence-electron chi connectivity index (χ3n) is 9.27. The number of alkyl halides is 3. The molecule has 51 heavy (non-hydrogen) atoms. The van der Waals surface area contributed by atoms with Crippen molar-refractivity contribution < 1.29 is 67.0 Å². The monoisotopic (exact) mass is 727 g/mol. The van der Waals surface area contributed by atoms with Crippen LogP contribution in [0.4, 0.5) is 28.4 Å². The summed E-state index contributed by atoms with van der Waals surface area (Å²) >= 11 is 0. The largest absolute Gasteiger partial charge is 0.510 e. The molecule has 4 rings (SSSR count). The number of amides is 3. The molecule has 0 aromatic heterocycles. The van der Waals surface area contributed by atoms with Gasteiger partial charge in [0.05, 0.1) is 24.6 Å². The summed E-state index contributed by atoms with van der Waals surface area (Å²) in [5.74, 6) is -8.50. The Labute approximate surface area is 290 Å². The van der Waals surface area contributed by atoms with E-state index in [-0.39, 0.29) is 24.0 Å². The highest BCUT2D eigenvalue weighted by Crippen LogP contribution is 2.53. The zero-order valence-electron chi connectivity index (χ0n) is 28.7. The number of aromatic hydroxyl groups is 1. The summed E-state index contributed by atoms with van der Waals surface area (Å²) in [7, 11) is 8.88. The van der Waals surface area contributed by atoms with Crippen molar-refractivity contribution >= 4 is 35.3 Å². The molecule has 0 bridgehead atoms. The van der Waals surface area contributed by atoms with Crippen molar-refractivity contribution in [1.29, 1.82) is 0 Å². The summed E-state index contributed by atoms with van der Waals surface area (Å²) in [6.45, 7) is -2.61. The van der Waals surface area contributed by atoms with E-state index in [1.54, 1.807) is 19.0 Å². The first kappa shape index (κ1) is 38.8. The van der Waals surface area contributed by atoms with Crippen LogP contribution in [0.15, 0.2) is 28.7 Å². The molecule has 6 N–H and O–H groups in total. The number of nitrogens with zero attached hydrogens (tertiary/aromatic N) is 4. The van der Waals surface area contributed by atoms with E-state index in [1.807, 2.05) is 0 Å². The van der Waals surface area contributed by atoms with Crippen molar-refractivity contribution in [3.63, 3.8) is 0 Å². The molecule has 16 nitrogen and oxygen atoms in total. The molecule has 0 radical (unpaired) electrons. The SMILES string of the molecule is CN(C)C(=O)OCOC(=O)N(CCC(F)(F)F)Cc1cc(N(C)C)c2c(c1O)C(=O)C1=C(O)[C@]3(O)C(=O)C(C(N)=O)=C(O)[C@@H](N(C)C)[C@@H]3C[C@@H]1C2. The van der Waals surface area contributed by atoms with E-state index < -0.39 is 120 Å². The van der Waals surface area contributed by atoms with Crippen LogP contribution in [0.3, 0.4) is 0 Å². The molecule has 0 heterocycles. The predicted molar refractivity (Wildman–Crippen MR) is 171 cm³/mol. The number of hydrogen-bond donors (Lipinski definition) is 5. The number of aliphatic hydroxyl groups excluding tert-OH is 2. The van der Waals surface area contributed by atoms with Crippen LogP contribution in [0.5, 0.6) is 5.75 Å². The number of rotatable bonds is 9. The molecule has 280 valence electrons. The van der Waals surface area contributed by atoms with Gasteiger partial charge in [0.1, 0.15) is 22.8 Å². The maximum absolute atomic E-state index is 14.3. The lowest BCUT2D eigenvalue weighted by Crippen LogP contribution is -2.63. The highest BCUT2D eigenvalue weighted by Gasteiger charge is 2.63. The maximum atomic E-state index is 14.3. The van der Waals surface area contributed by atoms with Gasteiger partial charge in [-0.15, -0.1) is 0 Å². The molecule has 1 aromatic rings. The van der Waals surface area contributed by atoms with E-state index in [2.05, 4.69) is 0 Å². The minimum absolute atomic E-state index is 0.0486. The number of phenolic OH excluding ortho intramolecular Hbond substituents is 1. The first-order chi connectivity index (χ1) is 23.5. The van der Waals surface area contributed by atoms with Gasteiger partial charge in [0.2, 0.25) is 12.6 Å². The van der Waals surface area contributed by atoms with Gasteiger partial charge in [-0.25, -0.2) is 9.59 Å². The standard InChI is InChI=1S/C32H40F3N5O11/c1-37(2)18-11-15(12-40(8-7-31(33,34)35)30(48)51-13-50-29(47)39(5)6)23(41)20-16(18)9-14-10-17-22(38(3)4)25(43)21(28(36)46)27(45)32(17,49)26(44)19(14)24(20)42/h11,14,17,22,41,43-44,49H,7-10,12-13H2,1-6H3,(H2,36,46)/t14-,17-,22-,32-/m0/s1. The second-order valence-electron chi connectivity index (χ2n) is 13.2. The normalized spacial score (nSPS) is 23.0. The number of allylic oxidation sites excluding steroid dienone is 1. The van der Waals surface area contributed by atoms with Crippen LogP contribution >= 0.6 is 0 Å². The molecule has 19 heteroatoms. The van der Waals surface area contributed by atoms with Gasteiger partial charge in [0.25, 0.3) is 5.91 Å². The van der Waals surface area contributed by atoms with Crippen LogP contribution in [0.25, 0.3) is 0 Å². The van der Waals surface area contributed by atoms with Gasteiger partial charge in [0.15, 0.2) is 11.4 Å². The number of benzene rings is 1. The topological polar surface area (TPSA) is 224 Å². The summed E-state index contributed by atoms with van der Waals surface area (Å²) in [5, 5.41) is 45.9. The summed E-state index contributed by atoms with van der Waals surface area (Å²) in [4.78, 5) is 69.3. The molecule has 4 atom stereocenters. The Morgan fingerprint density at radius 3 is 2.16 bits per heavy atom. The van der Waals surface area contributed by atoms with Crippen molar-refractivity contribution in [2.75, 3.05) is 60.5 Å². The maximum Gasteiger partial charge on any atom is 0.412 e. The Kier molecular flexibility index (Phi) is 10.6. The predicted octanol–water partition coefficient (Wildman–Crippen LogP) is 1.73. The average molecular weight is 728 g/mol. The number of halogens is 3. The fourth-order valence-corrected chi connectivity index (χ4v) is 6.93. The number of nitrogens with two attached hydrogens (primary N) is 1. The number of anilines is 1. The Bertz CT molecular complexity index is 1720. The second kappa shape index (κ2) is 13.9.